The van der Waals surface area contributed by atoms with Crippen molar-refractivity contribution in [3.05, 3.63) is 12.2 Å². The highest BCUT2D eigenvalue weighted by molar-refractivity contribution is 4.87. The molecule has 5 nitrogen and oxygen atoms in total. The second-order valence-electron chi connectivity index (χ2n) is 7.02. The summed E-state index contributed by atoms with van der Waals surface area (Å²) in [6.45, 7) is 3.03. The molecule has 0 amide bonds. The van der Waals surface area contributed by atoms with Crippen molar-refractivity contribution in [2.24, 2.45) is 0 Å². The zero-order valence-electron chi connectivity index (χ0n) is 15.8. The summed E-state index contributed by atoms with van der Waals surface area (Å²) in [5, 5.41) is 28.9. The van der Waals surface area contributed by atoms with Gasteiger partial charge in [-0.1, -0.05) is 51.2 Å². The van der Waals surface area contributed by atoms with Gasteiger partial charge in [-0.15, -0.1) is 0 Å². The van der Waals surface area contributed by atoms with Gasteiger partial charge in [0, 0.05) is 6.61 Å². The van der Waals surface area contributed by atoms with Gasteiger partial charge in [0.1, 0.15) is 24.4 Å². The van der Waals surface area contributed by atoms with E-state index in [0.29, 0.717) is 6.61 Å². The minimum absolute atomic E-state index is 0.0635. The van der Waals surface area contributed by atoms with E-state index in [2.05, 4.69) is 19.1 Å². The topological polar surface area (TPSA) is 79.2 Å². The van der Waals surface area contributed by atoms with Crippen LogP contribution in [0.15, 0.2) is 12.2 Å². The Morgan fingerprint density at radius 1 is 1.00 bits per heavy atom. The number of rotatable bonds is 15. The van der Waals surface area contributed by atoms with Crippen LogP contribution in [0.4, 0.5) is 0 Å². The van der Waals surface area contributed by atoms with E-state index in [1.807, 2.05) is 0 Å². The lowest BCUT2D eigenvalue weighted by Crippen LogP contribution is -2.40. The third-order valence-corrected chi connectivity index (χ3v) is 4.66. The van der Waals surface area contributed by atoms with E-state index in [1.165, 1.54) is 44.9 Å². The molecular formula is C20H38O5. The van der Waals surface area contributed by atoms with Crippen LogP contribution in [0.3, 0.4) is 0 Å². The lowest BCUT2D eigenvalue weighted by atomic mass is 10.1. The van der Waals surface area contributed by atoms with Gasteiger partial charge in [-0.2, -0.15) is 0 Å². The SMILES string of the molecule is CCCCCCCC/C=C/CCCCOC[C@@H](O)[C@@H]1OC[C@H](O)[C@@H]1O. The molecule has 0 aromatic carbocycles. The van der Waals surface area contributed by atoms with Gasteiger partial charge in [0.2, 0.25) is 0 Å². The third kappa shape index (κ3) is 10.3. The minimum Gasteiger partial charge on any atom is -0.388 e. The number of ether oxygens (including phenoxy) is 2. The number of aliphatic hydroxyl groups is 3. The van der Waals surface area contributed by atoms with Crippen LogP contribution in [0.25, 0.3) is 0 Å². The Morgan fingerprint density at radius 3 is 2.28 bits per heavy atom. The summed E-state index contributed by atoms with van der Waals surface area (Å²) in [5.41, 5.74) is 0. The molecule has 3 N–H and O–H groups in total. The van der Waals surface area contributed by atoms with E-state index < -0.39 is 24.4 Å². The van der Waals surface area contributed by atoms with Crippen LogP contribution in [0.2, 0.25) is 0 Å². The molecule has 1 aliphatic heterocycles. The number of aliphatic hydroxyl groups excluding tert-OH is 3. The Labute approximate surface area is 153 Å². The molecule has 25 heavy (non-hydrogen) atoms. The predicted octanol–water partition coefficient (Wildman–Crippen LogP) is 2.96. The molecule has 0 unspecified atom stereocenters. The molecule has 1 rings (SSSR count). The second-order valence-corrected chi connectivity index (χ2v) is 7.02. The summed E-state index contributed by atoms with van der Waals surface area (Å²) < 4.78 is 10.6. The summed E-state index contributed by atoms with van der Waals surface area (Å²) in [4.78, 5) is 0. The van der Waals surface area contributed by atoms with E-state index in [0.717, 1.165) is 19.3 Å². The molecule has 0 aliphatic carbocycles. The molecule has 0 aromatic rings. The first-order chi connectivity index (χ1) is 12.2. The molecule has 0 aromatic heterocycles. The van der Waals surface area contributed by atoms with Crippen LogP contribution in [-0.4, -0.2) is 59.6 Å². The van der Waals surface area contributed by atoms with E-state index in [1.54, 1.807) is 0 Å². The Kier molecular flexibility index (Phi) is 13.3. The van der Waals surface area contributed by atoms with Gasteiger partial charge in [0.15, 0.2) is 0 Å². The standard InChI is InChI=1S/C20H38O5/c1-2-3-4-5-6-7-8-9-10-11-12-13-14-24-15-18(22)20-19(23)17(21)16-25-20/h9-10,17-23H,2-8,11-16H2,1H3/b10-9+/t17-,18+,19-,20-/m0/s1. The minimum atomic E-state index is -1.03. The fraction of sp³-hybridized carbons (Fsp3) is 0.900. The maximum atomic E-state index is 9.90. The van der Waals surface area contributed by atoms with Gasteiger partial charge in [0.05, 0.1) is 13.2 Å². The zero-order chi connectivity index (χ0) is 18.3. The van der Waals surface area contributed by atoms with Gasteiger partial charge in [-0.05, 0) is 32.1 Å². The van der Waals surface area contributed by atoms with Crippen molar-refractivity contribution >= 4 is 0 Å². The lowest BCUT2D eigenvalue weighted by Gasteiger charge is -2.20. The predicted molar refractivity (Wildman–Crippen MR) is 99.6 cm³/mol. The Balaban J connectivity index is 1.86. The number of allylic oxidation sites excluding steroid dienone is 2. The molecule has 0 saturated carbocycles. The average molecular weight is 359 g/mol. The van der Waals surface area contributed by atoms with Crippen molar-refractivity contribution in [2.45, 2.75) is 95.5 Å². The monoisotopic (exact) mass is 358 g/mol. The largest absolute Gasteiger partial charge is 0.388 e. The highest BCUT2D eigenvalue weighted by Crippen LogP contribution is 2.17. The average Bonchev–Trinajstić information content (AvgIpc) is 2.94. The van der Waals surface area contributed by atoms with Crippen LogP contribution >= 0.6 is 0 Å². The van der Waals surface area contributed by atoms with Crippen molar-refractivity contribution in [3.63, 3.8) is 0 Å². The quantitative estimate of drug-likeness (QED) is 0.310. The molecule has 1 heterocycles. The molecule has 0 radical (unpaired) electrons. The first-order valence-corrected chi connectivity index (χ1v) is 10.0. The van der Waals surface area contributed by atoms with Gasteiger partial charge >= 0.3 is 0 Å². The normalized spacial score (nSPS) is 25.0. The Hall–Kier alpha value is -0.460. The van der Waals surface area contributed by atoms with Gasteiger partial charge in [-0.25, -0.2) is 0 Å². The van der Waals surface area contributed by atoms with Crippen LogP contribution in [0.5, 0.6) is 0 Å². The maximum Gasteiger partial charge on any atom is 0.114 e. The molecule has 5 heteroatoms. The van der Waals surface area contributed by atoms with Crippen LogP contribution in [-0.2, 0) is 9.47 Å². The molecule has 0 spiro atoms. The van der Waals surface area contributed by atoms with Crippen molar-refractivity contribution in [2.75, 3.05) is 19.8 Å². The van der Waals surface area contributed by atoms with Crippen LogP contribution in [0.1, 0.15) is 71.1 Å². The van der Waals surface area contributed by atoms with Crippen molar-refractivity contribution < 1.29 is 24.8 Å². The summed E-state index contributed by atoms with van der Waals surface area (Å²) >= 11 is 0. The van der Waals surface area contributed by atoms with Crippen molar-refractivity contribution in [1.29, 1.82) is 0 Å². The summed E-state index contributed by atoms with van der Waals surface area (Å²) in [7, 11) is 0. The molecule has 148 valence electrons. The number of hydrogen-bond donors (Lipinski definition) is 3. The second kappa shape index (κ2) is 14.7. The highest BCUT2D eigenvalue weighted by Gasteiger charge is 2.39. The highest BCUT2D eigenvalue weighted by atomic mass is 16.5. The summed E-state index contributed by atoms with van der Waals surface area (Å²) in [6.07, 6.45) is 13.3. The van der Waals surface area contributed by atoms with Gasteiger partial charge in [0.25, 0.3) is 0 Å². The zero-order valence-corrected chi connectivity index (χ0v) is 15.8. The van der Waals surface area contributed by atoms with Crippen LogP contribution < -0.4 is 0 Å². The summed E-state index contributed by atoms with van der Waals surface area (Å²) in [5.74, 6) is 0. The maximum absolute atomic E-state index is 9.90. The number of unbranched alkanes of at least 4 members (excludes halogenated alkanes) is 8. The molecule has 4 atom stereocenters. The van der Waals surface area contributed by atoms with E-state index in [4.69, 9.17) is 9.47 Å². The fourth-order valence-corrected chi connectivity index (χ4v) is 3.01. The molecular weight excluding hydrogens is 320 g/mol. The molecule has 1 fully saturated rings. The molecule has 0 bridgehead atoms. The van der Waals surface area contributed by atoms with Crippen molar-refractivity contribution in [3.8, 4) is 0 Å². The first-order valence-electron chi connectivity index (χ1n) is 10.0. The fourth-order valence-electron chi connectivity index (χ4n) is 3.01. The number of hydrogen-bond acceptors (Lipinski definition) is 5. The Morgan fingerprint density at radius 2 is 1.64 bits per heavy atom. The van der Waals surface area contributed by atoms with Gasteiger partial charge < -0.3 is 24.8 Å². The summed E-state index contributed by atoms with van der Waals surface area (Å²) in [6, 6.07) is 0. The lowest BCUT2D eigenvalue weighted by molar-refractivity contribution is -0.0813. The van der Waals surface area contributed by atoms with Gasteiger partial charge in [-0.3, -0.25) is 0 Å². The first kappa shape index (κ1) is 22.6. The third-order valence-electron chi connectivity index (χ3n) is 4.66. The van der Waals surface area contributed by atoms with E-state index in [9.17, 15) is 15.3 Å². The van der Waals surface area contributed by atoms with E-state index >= 15 is 0 Å². The molecule has 1 aliphatic rings. The smallest absolute Gasteiger partial charge is 0.114 e. The van der Waals surface area contributed by atoms with Crippen molar-refractivity contribution in [1.82, 2.24) is 0 Å². The Bertz CT molecular complexity index is 334. The van der Waals surface area contributed by atoms with E-state index in [-0.39, 0.29) is 13.2 Å². The van der Waals surface area contributed by atoms with Crippen LogP contribution in [0, 0.1) is 0 Å². The molecule has 1 saturated heterocycles.